The van der Waals surface area contributed by atoms with E-state index in [1.807, 2.05) is 42.5 Å². The Balaban J connectivity index is 1.43. The molecule has 2 aliphatic heterocycles. The highest BCUT2D eigenvalue weighted by atomic mass is 16.5. The molecule has 0 aliphatic carbocycles. The van der Waals surface area contributed by atoms with E-state index in [2.05, 4.69) is 34.2 Å². The van der Waals surface area contributed by atoms with Crippen LogP contribution in [0.5, 0.6) is 5.75 Å². The number of hydrogen-bond acceptors (Lipinski definition) is 5. The van der Waals surface area contributed by atoms with Crippen LogP contribution in [0.2, 0.25) is 0 Å². The number of aliphatic hydroxyl groups is 1. The van der Waals surface area contributed by atoms with Gasteiger partial charge in [-0.15, -0.1) is 5.92 Å². The van der Waals surface area contributed by atoms with Crippen LogP contribution in [0.4, 0.5) is 4.79 Å². The van der Waals surface area contributed by atoms with E-state index in [0.29, 0.717) is 6.42 Å². The molecule has 2 aliphatic rings. The number of likely N-dealkylation sites (tertiary alicyclic amines) is 1. The normalized spacial score (nSPS) is 20.7. The van der Waals surface area contributed by atoms with Crippen LogP contribution >= 0.6 is 0 Å². The molecule has 2 aromatic carbocycles. The maximum atomic E-state index is 13.7. The number of aliphatic hydroxyl groups excluding tert-OH is 1. The lowest BCUT2D eigenvalue weighted by Gasteiger charge is -2.41. The predicted octanol–water partition coefficient (Wildman–Crippen LogP) is 3.22. The van der Waals surface area contributed by atoms with E-state index in [0.717, 1.165) is 50.2 Å². The molecule has 7 heteroatoms. The van der Waals surface area contributed by atoms with Crippen molar-refractivity contribution in [3.05, 3.63) is 65.7 Å². The van der Waals surface area contributed by atoms with Crippen molar-refractivity contribution < 1.29 is 19.4 Å². The number of ether oxygens (including phenoxy) is 1. The fourth-order valence-corrected chi connectivity index (χ4v) is 5.28. The Bertz CT molecular complexity index is 1080. The SMILES string of the molecule is CC#CCN1C(=O)N[C@](CCc2ccccc2)(C2CCN(Cc3ccc(OCCO)cc3)CC2)C1=O. The van der Waals surface area contributed by atoms with Crippen LogP contribution in [-0.4, -0.2) is 65.2 Å². The summed E-state index contributed by atoms with van der Waals surface area (Å²) in [4.78, 5) is 30.2. The zero-order valence-electron chi connectivity index (χ0n) is 20.9. The van der Waals surface area contributed by atoms with Crippen LogP contribution in [0.1, 0.15) is 37.3 Å². The van der Waals surface area contributed by atoms with Crippen molar-refractivity contribution in [2.45, 2.75) is 44.7 Å². The average molecular weight is 490 g/mol. The largest absolute Gasteiger partial charge is 0.491 e. The number of piperidine rings is 1. The number of rotatable bonds is 10. The Morgan fingerprint density at radius 1 is 1.06 bits per heavy atom. The molecule has 0 bridgehead atoms. The van der Waals surface area contributed by atoms with E-state index >= 15 is 0 Å². The summed E-state index contributed by atoms with van der Waals surface area (Å²) in [6.45, 7) is 4.67. The van der Waals surface area contributed by atoms with Crippen molar-refractivity contribution in [2.75, 3.05) is 32.8 Å². The van der Waals surface area contributed by atoms with Gasteiger partial charge in [-0.2, -0.15) is 0 Å². The van der Waals surface area contributed by atoms with E-state index in [-0.39, 0.29) is 37.6 Å². The first-order valence-corrected chi connectivity index (χ1v) is 12.7. The summed E-state index contributed by atoms with van der Waals surface area (Å²) in [5.74, 6) is 6.36. The number of imide groups is 1. The Morgan fingerprint density at radius 3 is 2.44 bits per heavy atom. The summed E-state index contributed by atoms with van der Waals surface area (Å²) in [5, 5.41) is 12.0. The van der Waals surface area contributed by atoms with Gasteiger partial charge in [0.15, 0.2) is 0 Å². The van der Waals surface area contributed by atoms with Gasteiger partial charge < -0.3 is 15.2 Å². The number of urea groups is 1. The van der Waals surface area contributed by atoms with Crippen molar-refractivity contribution in [2.24, 2.45) is 5.92 Å². The van der Waals surface area contributed by atoms with Crippen molar-refractivity contribution >= 4 is 11.9 Å². The molecular formula is C29H35N3O4. The van der Waals surface area contributed by atoms with Crippen LogP contribution < -0.4 is 10.1 Å². The maximum Gasteiger partial charge on any atom is 0.325 e. The minimum atomic E-state index is -0.889. The van der Waals surface area contributed by atoms with Gasteiger partial charge in [-0.25, -0.2) is 4.79 Å². The van der Waals surface area contributed by atoms with Gasteiger partial charge in [0, 0.05) is 6.54 Å². The second-order valence-electron chi connectivity index (χ2n) is 9.47. The molecule has 2 saturated heterocycles. The molecule has 190 valence electrons. The average Bonchev–Trinajstić information content (AvgIpc) is 3.16. The van der Waals surface area contributed by atoms with E-state index in [9.17, 15) is 9.59 Å². The highest BCUT2D eigenvalue weighted by Gasteiger charge is 2.55. The number of carbonyl (C=O) groups is 2. The first-order chi connectivity index (χ1) is 17.6. The standard InChI is InChI=1S/C29H35N3O4/c1-2-3-17-32-27(34)29(30-28(32)35,16-13-23-7-5-4-6-8-23)25-14-18-31(19-15-25)22-24-9-11-26(12-10-24)36-21-20-33/h4-12,25,33H,13-22H2,1H3,(H,30,35)/t29-/m1/s1. The van der Waals surface area contributed by atoms with E-state index in [1.165, 1.54) is 10.5 Å². The second kappa shape index (κ2) is 12.1. The van der Waals surface area contributed by atoms with Crippen molar-refractivity contribution in [1.29, 1.82) is 0 Å². The lowest BCUT2D eigenvalue weighted by Crippen LogP contribution is -2.56. The molecule has 1 atom stereocenters. The number of nitrogens with zero attached hydrogens (tertiary/aromatic N) is 2. The third kappa shape index (κ3) is 5.89. The van der Waals surface area contributed by atoms with Gasteiger partial charge in [-0.3, -0.25) is 14.6 Å². The molecule has 4 rings (SSSR count). The first kappa shape index (κ1) is 25.7. The monoisotopic (exact) mass is 489 g/mol. The summed E-state index contributed by atoms with van der Waals surface area (Å²) in [7, 11) is 0. The van der Waals surface area contributed by atoms with Crippen LogP contribution in [0.15, 0.2) is 54.6 Å². The van der Waals surface area contributed by atoms with E-state index in [1.54, 1.807) is 6.92 Å². The molecule has 0 spiro atoms. The predicted molar refractivity (Wildman–Crippen MR) is 138 cm³/mol. The Kier molecular flexibility index (Phi) is 8.63. The molecule has 0 unspecified atom stereocenters. The number of hydrogen-bond donors (Lipinski definition) is 2. The second-order valence-corrected chi connectivity index (χ2v) is 9.47. The van der Waals surface area contributed by atoms with Crippen LogP contribution in [0.25, 0.3) is 0 Å². The van der Waals surface area contributed by atoms with Crippen LogP contribution in [-0.2, 0) is 17.8 Å². The van der Waals surface area contributed by atoms with Gasteiger partial charge in [0.2, 0.25) is 0 Å². The molecule has 36 heavy (non-hydrogen) atoms. The molecule has 0 radical (unpaired) electrons. The molecule has 0 aromatic heterocycles. The van der Waals surface area contributed by atoms with Gasteiger partial charge in [0.1, 0.15) is 17.9 Å². The molecule has 3 amide bonds. The fraction of sp³-hybridized carbons (Fsp3) is 0.448. The molecule has 0 saturated carbocycles. The smallest absolute Gasteiger partial charge is 0.325 e. The van der Waals surface area contributed by atoms with Crippen molar-refractivity contribution in [1.82, 2.24) is 15.1 Å². The zero-order valence-corrected chi connectivity index (χ0v) is 20.9. The Labute approximate surface area is 213 Å². The quantitative estimate of drug-likeness (QED) is 0.396. The topological polar surface area (TPSA) is 82.1 Å². The first-order valence-electron chi connectivity index (χ1n) is 12.7. The van der Waals surface area contributed by atoms with Gasteiger partial charge in [0.25, 0.3) is 5.91 Å². The number of amides is 3. The van der Waals surface area contributed by atoms with Crippen LogP contribution in [0, 0.1) is 17.8 Å². The summed E-state index contributed by atoms with van der Waals surface area (Å²) in [6, 6.07) is 17.7. The molecule has 2 heterocycles. The third-order valence-electron chi connectivity index (χ3n) is 7.24. The van der Waals surface area contributed by atoms with E-state index < -0.39 is 5.54 Å². The summed E-state index contributed by atoms with van der Waals surface area (Å²) in [5.41, 5.74) is 1.47. The number of carbonyl (C=O) groups excluding carboxylic acids is 2. The molecular weight excluding hydrogens is 454 g/mol. The van der Waals surface area contributed by atoms with Gasteiger partial charge in [-0.05, 0) is 74.9 Å². The highest BCUT2D eigenvalue weighted by molar-refractivity contribution is 6.07. The lowest BCUT2D eigenvalue weighted by molar-refractivity contribution is -0.134. The number of nitrogens with one attached hydrogen (secondary N) is 1. The van der Waals surface area contributed by atoms with Gasteiger partial charge >= 0.3 is 6.03 Å². The number of benzene rings is 2. The fourth-order valence-electron chi connectivity index (χ4n) is 5.28. The highest BCUT2D eigenvalue weighted by Crippen LogP contribution is 2.37. The number of aryl methyl sites for hydroxylation is 1. The molecule has 2 aromatic rings. The van der Waals surface area contributed by atoms with Gasteiger partial charge in [0.05, 0.1) is 13.2 Å². The minimum Gasteiger partial charge on any atom is -0.491 e. The lowest BCUT2D eigenvalue weighted by atomic mass is 9.74. The third-order valence-corrected chi connectivity index (χ3v) is 7.24. The Morgan fingerprint density at radius 2 is 1.78 bits per heavy atom. The Hall–Kier alpha value is -3.34. The van der Waals surface area contributed by atoms with Crippen molar-refractivity contribution in [3.63, 3.8) is 0 Å². The van der Waals surface area contributed by atoms with E-state index in [4.69, 9.17) is 9.84 Å². The maximum absolute atomic E-state index is 13.7. The van der Waals surface area contributed by atoms with Crippen molar-refractivity contribution in [3.8, 4) is 17.6 Å². The summed E-state index contributed by atoms with van der Waals surface area (Å²) >= 11 is 0. The summed E-state index contributed by atoms with van der Waals surface area (Å²) < 4.78 is 5.45. The summed E-state index contributed by atoms with van der Waals surface area (Å²) in [6.07, 6.45) is 2.99. The molecule has 7 nitrogen and oxygen atoms in total. The molecule has 2 N–H and O–H groups in total. The van der Waals surface area contributed by atoms with Crippen LogP contribution in [0.3, 0.4) is 0 Å². The zero-order chi connectivity index (χ0) is 25.4. The molecule has 2 fully saturated rings. The van der Waals surface area contributed by atoms with Gasteiger partial charge in [-0.1, -0.05) is 48.4 Å². The minimum absolute atomic E-state index is 0.00371.